The number of nitrogens with zero attached hydrogens (tertiary/aromatic N) is 3. The molecule has 0 fully saturated rings. The molecule has 122 valence electrons. The van der Waals surface area contributed by atoms with Crippen molar-refractivity contribution in [1.29, 1.82) is 0 Å². The van der Waals surface area contributed by atoms with Crippen molar-refractivity contribution in [3.63, 3.8) is 0 Å². The number of carbonyl (C=O) groups excluding carboxylic acids is 1. The molecular formula is C18H17FN4O. The van der Waals surface area contributed by atoms with Crippen LogP contribution >= 0.6 is 0 Å². The first-order valence-corrected chi connectivity index (χ1v) is 7.85. The number of aromatic nitrogens is 2. The Hall–Kier alpha value is -2.89. The Labute approximate surface area is 138 Å². The lowest BCUT2D eigenvalue weighted by atomic mass is 10.1. The van der Waals surface area contributed by atoms with Crippen LogP contribution in [-0.2, 0) is 11.2 Å². The summed E-state index contributed by atoms with van der Waals surface area (Å²) < 4.78 is 13.5. The highest BCUT2D eigenvalue weighted by atomic mass is 19.1. The molecule has 0 bridgehead atoms. The maximum atomic E-state index is 13.5. The Kier molecular flexibility index (Phi) is 3.45. The van der Waals surface area contributed by atoms with Crippen LogP contribution in [0.2, 0.25) is 0 Å². The Balaban J connectivity index is 1.65. The quantitative estimate of drug-likeness (QED) is 0.788. The molecule has 1 aromatic carbocycles. The first-order valence-electron chi connectivity index (χ1n) is 7.85. The van der Waals surface area contributed by atoms with Crippen molar-refractivity contribution in [3.8, 4) is 0 Å². The molecule has 0 unspecified atom stereocenters. The van der Waals surface area contributed by atoms with Gasteiger partial charge in [0.05, 0.1) is 17.8 Å². The first-order chi connectivity index (χ1) is 11.6. The lowest BCUT2D eigenvalue weighted by Crippen LogP contribution is -2.43. The Morgan fingerprint density at radius 1 is 1.29 bits per heavy atom. The summed E-state index contributed by atoms with van der Waals surface area (Å²) in [6.45, 7) is 1.27. The number of pyridine rings is 1. The van der Waals surface area contributed by atoms with E-state index in [2.05, 4.69) is 9.97 Å². The van der Waals surface area contributed by atoms with E-state index in [-0.39, 0.29) is 18.1 Å². The van der Waals surface area contributed by atoms with Crippen LogP contribution < -0.4 is 9.80 Å². The van der Waals surface area contributed by atoms with Gasteiger partial charge in [0, 0.05) is 37.9 Å². The van der Waals surface area contributed by atoms with Gasteiger partial charge < -0.3 is 14.8 Å². The lowest BCUT2D eigenvalue weighted by molar-refractivity contribution is -0.118. The largest absolute Gasteiger partial charge is 0.371 e. The summed E-state index contributed by atoms with van der Waals surface area (Å²) in [5.41, 5.74) is 3.20. The fraction of sp³-hybridized carbons (Fsp3) is 0.222. The maximum Gasteiger partial charge on any atom is 0.231 e. The summed E-state index contributed by atoms with van der Waals surface area (Å²) in [7, 11) is 1.91. The van der Waals surface area contributed by atoms with Crippen LogP contribution in [0.5, 0.6) is 0 Å². The molecule has 1 aliphatic heterocycles. The molecule has 3 heterocycles. The third-order valence-electron chi connectivity index (χ3n) is 4.48. The minimum absolute atomic E-state index is 0.000659. The van der Waals surface area contributed by atoms with Gasteiger partial charge in [-0.3, -0.25) is 4.79 Å². The van der Waals surface area contributed by atoms with Crippen LogP contribution in [0.1, 0.15) is 5.56 Å². The summed E-state index contributed by atoms with van der Waals surface area (Å²) in [6.07, 6.45) is 3.83. The number of rotatable bonds is 2. The standard InChI is InChI=1S/C18H17FN4O/c1-22-7-8-23(15-5-4-13(19)10-16(15)22)17(24)9-12-11-21-18-14(12)3-2-6-20-18/h2-6,10-11H,7-9H2,1H3,(H,20,21). The number of nitrogens with one attached hydrogen (secondary N) is 1. The number of hydrogen-bond acceptors (Lipinski definition) is 3. The van der Waals surface area contributed by atoms with Gasteiger partial charge in [-0.15, -0.1) is 0 Å². The second kappa shape index (κ2) is 5.63. The van der Waals surface area contributed by atoms with Crippen LogP contribution in [0.4, 0.5) is 15.8 Å². The fourth-order valence-electron chi connectivity index (χ4n) is 3.20. The third kappa shape index (κ3) is 2.40. The van der Waals surface area contributed by atoms with Crippen LogP contribution in [0, 0.1) is 5.82 Å². The molecule has 0 saturated heterocycles. The molecule has 3 aromatic rings. The van der Waals surface area contributed by atoms with Gasteiger partial charge in [-0.05, 0) is 35.9 Å². The minimum Gasteiger partial charge on any atom is -0.371 e. The molecule has 0 spiro atoms. The third-order valence-corrected chi connectivity index (χ3v) is 4.48. The van der Waals surface area contributed by atoms with Crippen molar-refractivity contribution in [2.45, 2.75) is 6.42 Å². The number of aromatic amines is 1. The minimum atomic E-state index is -0.294. The van der Waals surface area contributed by atoms with Gasteiger partial charge in [0.1, 0.15) is 11.5 Å². The average molecular weight is 324 g/mol. The molecular weight excluding hydrogens is 307 g/mol. The van der Waals surface area contributed by atoms with Crippen LogP contribution in [0.15, 0.2) is 42.7 Å². The van der Waals surface area contributed by atoms with E-state index in [9.17, 15) is 9.18 Å². The lowest BCUT2D eigenvalue weighted by Gasteiger charge is -2.35. The summed E-state index contributed by atoms with van der Waals surface area (Å²) >= 11 is 0. The molecule has 24 heavy (non-hydrogen) atoms. The Bertz CT molecular complexity index is 920. The number of amides is 1. The second-order valence-corrected chi connectivity index (χ2v) is 5.99. The van der Waals surface area contributed by atoms with Crippen LogP contribution in [-0.4, -0.2) is 36.0 Å². The fourth-order valence-corrected chi connectivity index (χ4v) is 3.20. The summed E-state index contributed by atoms with van der Waals surface area (Å²) in [5, 5.41) is 0.958. The Morgan fingerprint density at radius 3 is 3.04 bits per heavy atom. The summed E-state index contributed by atoms with van der Waals surface area (Å²) in [6, 6.07) is 8.36. The molecule has 0 atom stereocenters. The van der Waals surface area contributed by atoms with Gasteiger partial charge in [0.2, 0.25) is 5.91 Å². The molecule has 0 saturated carbocycles. The number of hydrogen-bond donors (Lipinski definition) is 1. The van der Waals surface area contributed by atoms with Gasteiger partial charge in [0.15, 0.2) is 0 Å². The highest BCUT2D eigenvalue weighted by molar-refractivity contribution is 6.00. The van der Waals surface area contributed by atoms with E-state index in [0.717, 1.165) is 28.0 Å². The van der Waals surface area contributed by atoms with E-state index in [0.29, 0.717) is 13.1 Å². The van der Waals surface area contributed by atoms with E-state index >= 15 is 0 Å². The molecule has 1 aliphatic rings. The highest BCUT2D eigenvalue weighted by Crippen LogP contribution is 2.33. The Morgan fingerprint density at radius 2 is 2.17 bits per heavy atom. The smallest absolute Gasteiger partial charge is 0.231 e. The monoisotopic (exact) mass is 324 g/mol. The van der Waals surface area contributed by atoms with Gasteiger partial charge in [-0.2, -0.15) is 0 Å². The number of benzene rings is 1. The highest BCUT2D eigenvalue weighted by Gasteiger charge is 2.26. The van der Waals surface area contributed by atoms with E-state index in [1.807, 2.05) is 30.3 Å². The maximum absolute atomic E-state index is 13.5. The molecule has 2 aromatic heterocycles. The number of fused-ring (bicyclic) bond motifs is 2. The summed E-state index contributed by atoms with van der Waals surface area (Å²) in [5.74, 6) is -0.293. The number of likely N-dealkylation sites (N-methyl/N-ethyl adjacent to an activating group) is 1. The molecule has 4 rings (SSSR count). The van der Waals surface area contributed by atoms with Gasteiger partial charge in [-0.25, -0.2) is 9.37 Å². The first kappa shape index (κ1) is 14.7. The second-order valence-electron chi connectivity index (χ2n) is 5.99. The number of halogens is 1. The number of anilines is 2. The van der Waals surface area contributed by atoms with E-state index < -0.39 is 0 Å². The van der Waals surface area contributed by atoms with Crippen molar-refractivity contribution >= 4 is 28.3 Å². The van der Waals surface area contributed by atoms with Crippen molar-refractivity contribution in [2.75, 3.05) is 29.9 Å². The number of H-pyrrole nitrogens is 1. The molecule has 0 radical (unpaired) electrons. The zero-order chi connectivity index (χ0) is 16.7. The molecule has 0 aliphatic carbocycles. The van der Waals surface area contributed by atoms with Crippen molar-refractivity contribution in [3.05, 3.63) is 54.1 Å². The van der Waals surface area contributed by atoms with Crippen molar-refractivity contribution in [2.24, 2.45) is 0 Å². The SMILES string of the molecule is CN1CCN(C(=O)Cc2c[nH]c3ncccc23)c2ccc(F)cc21. The van der Waals surface area contributed by atoms with E-state index in [4.69, 9.17) is 0 Å². The predicted octanol–water partition coefficient (Wildman–Crippen LogP) is 2.73. The normalized spacial score (nSPS) is 14.1. The van der Waals surface area contributed by atoms with E-state index in [1.165, 1.54) is 12.1 Å². The van der Waals surface area contributed by atoms with E-state index in [1.54, 1.807) is 17.2 Å². The molecule has 1 N–H and O–H groups in total. The van der Waals surface area contributed by atoms with Crippen molar-refractivity contribution in [1.82, 2.24) is 9.97 Å². The van der Waals surface area contributed by atoms with Crippen LogP contribution in [0.25, 0.3) is 11.0 Å². The van der Waals surface area contributed by atoms with Crippen LogP contribution in [0.3, 0.4) is 0 Å². The zero-order valence-corrected chi connectivity index (χ0v) is 13.3. The van der Waals surface area contributed by atoms with Gasteiger partial charge in [0.25, 0.3) is 0 Å². The van der Waals surface area contributed by atoms with Crippen molar-refractivity contribution < 1.29 is 9.18 Å². The topological polar surface area (TPSA) is 52.2 Å². The molecule has 1 amide bonds. The summed E-state index contributed by atoms with van der Waals surface area (Å²) in [4.78, 5) is 23.9. The zero-order valence-electron chi connectivity index (χ0n) is 13.3. The predicted molar refractivity (Wildman–Crippen MR) is 91.8 cm³/mol. The molecule has 5 nitrogen and oxygen atoms in total. The van der Waals surface area contributed by atoms with Gasteiger partial charge in [-0.1, -0.05) is 0 Å². The average Bonchev–Trinajstić information content (AvgIpc) is 2.99. The molecule has 6 heteroatoms. The number of carbonyl (C=O) groups is 1. The van der Waals surface area contributed by atoms with Gasteiger partial charge >= 0.3 is 0 Å².